The van der Waals surface area contributed by atoms with Gasteiger partial charge in [0, 0.05) is 17.6 Å². The smallest absolute Gasteiger partial charge is 0.335 e. The summed E-state index contributed by atoms with van der Waals surface area (Å²) in [5.41, 5.74) is 0.982. The van der Waals surface area contributed by atoms with Gasteiger partial charge < -0.3 is 14.6 Å². The number of benzene rings is 2. The summed E-state index contributed by atoms with van der Waals surface area (Å²) in [7, 11) is 1.60. The second-order valence-electron chi connectivity index (χ2n) is 4.62. The van der Waals surface area contributed by atoms with Gasteiger partial charge >= 0.3 is 5.97 Å². The van der Waals surface area contributed by atoms with Gasteiger partial charge in [-0.05, 0) is 42.5 Å². The standard InChI is InChI=1S/C17H13NO4/c1-21-13-6-7-14-15(10-13)18-9-8-16(14)22-12-4-2-11(3-5-12)17(19)20/h2-10H,1H3,(H,19,20). The van der Waals surface area contributed by atoms with Crippen molar-refractivity contribution in [3.05, 3.63) is 60.3 Å². The number of methoxy groups -OCH3 is 1. The van der Waals surface area contributed by atoms with Crippen LogP contribution < -0.4 is 9.47 Å². The summed E-state index contributed by atoms with van der Waals surface area (Å²) in [6.07, 6.45) is 1.66. The van der Waals surface area contributed by atoms with Gasteiger partial charge in [-0.2, -0.15) is 0 Å². The summed E-state index contributed by atoms with van der Waals surface area (Å²) < 4.78 is 11.0. The first-order valence-electron chi connectivity index (χ1n) is 6.61. The topological polar surface area (TPSA) is 68.7 Å². The molecule has 0 amide bonds. The molecule has 0 aliphatic rings. The van der Waals surface area contributed by atoms with Crippen molar-refractivity contribution in [3.8, 4) is 17.2 Å². The Bertz CT molecular complexity index is 828. The van der Waals surface area contributed by atoms with Crippen LogP contribution in [-0.2, 0) is 0 Å². The van der Waals surface area contributed by atoms with Gasteiger partial charge in [0.15, 0.2) is 0 Å². The second kappa shape index (κ2) is 5.73. The number of nitrogens with zero attached hydrogens (tertiary/aromatic N) is 1. The van der Waals surface area contributed by atoms with E-state index in [1.54, 1.807) is 31.5 Å². The molecule has 0 aliphatic heterocycles. The maximum Gasteiger partial charge on any atom is 0.335 e. The number of carbonyl (C=O) groups is 1. The van der Waals surface area contributed by atoms with Gasteiger partial charge in [-0.1, -0.05) is 0 Å². The van der Waals surface area contributed by atoms with E-state index < -0.39 is 5.97 Å². The number of ether oxygens (including phenoxy) is 2. The lowest BCUT2D eigenvalue weighted by Crippen LogP contribution is -1.95. The molecule has 110 valence electrons. The van der Waals surface area contributed by atoms with Gasteiger partial charge in [-0.3, -0.25) is 4.98 Å². The molecular formula is C17H13NO4. The minimum Gasteiger partial charge on any atom is -0.497 e. The first-order valence-corrected chi connectivity index (χ1v) is 6.61. The highest BCUT2D eigenvalue weighted by molar-refractivity contribution is 5.88. The fourth-order valence-electron chi connectivity index (χ4n) is 2.11. The Morgan fingerprint density at radius 2 is 1.77 bits per heavy atom. The molecule has 0 aliphatic carbocycles. The first-order chi connectivity index (χ1) is 10.7. The van der Waals surface area contributed by atoms with Crippen molar-refractivity contribution in [2.24, 2.45) is 0 Å². The quantitative estimate of drug-likeness (QED) is 0.794. The van der Waals surface area contributed by atoms with Crippen LogP contribution in [0.15, 0.2) is 54.7 Å². The lowest BCUT2D eigenvalue weighted by molar-refractivity contribution is 0.0697. The lowest BCUT2D eigenvalue weighted by Gasteiger charge is -2.09. The van der Waals surface area contributed by atoms with Crippen molar-refractivity contribution in [3.63, 3.8) is 0 Å². The maximum absolute atomic E-state index is 10.8. The fraction of sp³-hybridized carbons (Fsp3) is 0.0588. The van der Waals surface area contributed by atoms with E-state index in [0.717, 1.165) is 16.7 Å². The van der Waals surface area contributed by atoms with Gasteiger partial charge in [-0.25, -0.2) is 4.79 Å². The van der Waals surface area contributed by atoms with Crippen LogP contribution in [0, 0.1) is 0 Å². The van der Waals surface area contributed by atoms with Crippen LogP contribution in [0.4, 0.5) is 0 Å². The molecule has 1 heterocycles. The second-order valence-corrected chi connectivity index (χ2v) is 4.62. The van der Waals surface area contributed by atoms with Crippen LogP contribution in [0.5, 0.6) is 17.2 Å². The van der Waals surface area contributed by atoms with Crippen LogP contribution in [0.25, 0.3) is 10.9 Å². The summed E-state index contributed by atoms with van der Waals surface area (Å²) in [6, 6.07) is 13.6. The van der Waals surface area contributed by atoms with Gasteiger partial charge in [0.25, 0.3) is 0 Å². The average Bonchev–Trinajstić information content (AvgIpc) is 2.55. The molecule has 0 radical (unpaired) electrons. The van der Waals surface area contributed by atoms with Crippen molar-refractivity contribution in [2.45, 2.75) is 0 Å². The molecule has 0 saturated carbocycles. The minimum absolute atomic E-state index is 0.219. The van der Waals surface area contributed by atoms with E-state index in [9.17, 15) is 4.79 Å². The number of aromatic carboxylic acids is 1. The predicted molar refractivity (Wildman–Crippen MR) is 81.8 cm³/mol. The monoisotopic (exact) mass is 295 g/mol. The number of aromatic nitrogens is 1. The number of carboxylic acids is 1. The molecule has 5 nitrogen and oxygen atoms in total. The SMILES string of the molecule is COc1ccc2c(Oc3ccc(C(=O)O)cc3)ccnc2c1. The number of fused-ring (bicyclic) bond motifs is 1. The van der Waals surface area contributed by atoms with Gasteiger partial charge in [0.05, 0.1) is 18.2 Å². The minimum atomic E-state index is -0.965. The Balaban J connectivity index is 1.94. The van der Waals surface area contributed by atoms with Crippen molar-refractivity contribution in [1.82, 2.24) is 4.98 Å². The Hall–Kier alpha value is -3.08. The summed E-state index contributed by atoms with van der Waals surface area (Å²) in [5.74, 6) is 0.972. The fourth-order valence-corrected chi connectivity index (χ4v) is 2.11. The van der Waals surface area contributed by atoms with Crippen LogP contribution in [0.1, 0.15) is 10.4 Å². The largest absolute Gasteiger partial charge is 0.497 e. The number of pyridine rings is 1. The third-order valence-corrected chi connectivity index (χ3v) is 3.24. The van der Waals surface area contributed by atoms with Gasteiger partial charge in [0.2, 0.25) is 0 Å². The first kappa shape index (κ1) is 13.9. The van der Waals surface area contributed by atoms with E-state index in [2.05, 4.69) is 4.98 Å². The summed E-state index contributed by atoms with van der Waals surface area (Å²) in [4.78, 5) is 15.1. The summed E-state index contributed by atoms with van der Waals surface area (Å²) >= 11 is 0. The third-order valence-electron chi connectivity index (χ3n) is 3.24. The summed E-state index contributed by atoms with van der Waals surface area (Å²) in [5, 5.41) is 9.75. The average molecular weight is 295 g/mol. The highest BCUT2D eigenvalue weighted by Gasteiger charge is 2.07. The Morgan fingerprint density at radius 3 is 2.45 bits per heavy atom. The zero-order valence-corrected chi connectivity index (χ0v) is 11.8. The Labute approximate surface area is 126 Å². The highest BCUT2D eigenvalue weighted by atomic mass is 16.5. The molecule has 1 aromatic heterocycles. The molecule has 0 atom stereocenters. The predicted octanol–water partition coefficient (Wildman–Crippen LogP) is 3.73. The molecule has 3 rings (SSSR count). The normalized spacial score (nSPS) is 10.4. The molecule has 0 spiro atoms. The third kappa shape index (κ3) is 2.69. The van der Waals surface area contributed by atoms with E-state index >= 15 is 0 Å². The molecular weight excluding hydrogens is 282 g/mol. The Kier molecular flexibility index (Phi) is 3.62. The summed E-state index contributed by atoms with van der Waals surface area (Å²) in [6.45, 7) is 0. The van der Waals surface area contributed by atoms with Crippen molar-refractivity contribution < 1.29 is 19.4 Å². The van der Waals surface area contributed by atoms with Crippen molar-refractivity contribution >= 4 is 16.9 Å². The number of rotatable bonds is 4. The van der Waals surface area contributed by atoms with Crippen molar-refractivity contribution in [2.75, 3.05) is 7.11 Å². The van der Waals surface area contributed by atoms with Crippen LogP contribution in [-0.4, -0.2) is 23.2 Å². The van der Waals surface area contributed by atoms with E-state index in [0.29, 0.717) is 11.5 Å². The van der Waals surface area contributed by atoms with E-state index in [1.165, 1.54) is 12.1 Å². The highest BCUT2D eigenvalue weighted by Crippen LogP contribution is 2.30. The molecule has 5 heteroatoms. The zero-order valence-electron chi connectivity index (χ0n) is 11.8. The molecule has 1 N–H and O–H groups in total. The van der Waals surface area contributed by atoms with E-state index in [4.69, 9.17) is 14.6 Å². The molecule has 0 unspecified atom stereocenters. The van der Waals surface area contributed by atoms with Gasteiger partial charge in [-0.15, -0.1) is 0 Å². The van der Waals surface area contributed by atoms with Gasteiger partial charge in [0.1, 0.15) is 17.2 Å². The zero-order chi connectivity index (χ0) is 15.5. The van der Waals surface area contributed by atoms with E-state index in [1.807, 2.05) is 18.2 Å². The molecule has 0 bridgehead atoms. The number of hydrogen-bond donors (Lipinski definition) is 1. The Morgan fingerprint density at radius 1 is 1.05 bits per heavy atom. The molecule has 22 heavy (non-hydrogen) atoms. The maximum atomic E-state index is 10.8. The number of carboxylic acid groups (broad SMARTS) is 1. The van der Waals surface area contributed by atoms with Crippen LogP contribution >= 0.6 is 0 Å². The van der Waals surface area contributed by atoms with Crippen molar-refractivity contribution in [1.29, 1.82) is 0 Å². The lowest BCUT2D eigenvalue weighted by atomic mass is 10.2. The van der Waals surface area contributed by atoms with Crippen LogP contribution in [0.3, 0.4) is 0 Å². The number of hydrogen-bond acceptors (Lipinski definition) is 4. The van der Waals surface area contributed by atoms with Crippen LogP contribution in [0.2, 0.25) is 0 Å². The molecule has 2 aromatic carbocycles. The molecule has 0 fully saturated rings. The molecule has 3 aromatic rings. The molecule has 0 saturated heterocycles. The van der Waals surface area contributed by atoms with E-state index in [-0.39, 0.29) is 5.56 Å².